The zero-order chi connectivity index (χ0) is 23.5. The number of carbonyl (C=O) groups excluding carboxylic acids is 3. The van der Waals surface area contributed by atoms with E-state index in [-0.39, 0.29) is 4.91 Å². The lowest BCUT2D eigenvalue weighted by atomic mass is 10.1. The average Bonchev–Trinajstić information content (AvgIpc) is 3.09. The number of halogens is 1. The summed E-state index contributed by atoms with van der Waals surface area (Å²) in [5.41, 5.74) is 1.77. The SMILES string of the molecule is COC(=O)[C@@H](C)N1C(=O)S/C(=C/c2ccc(OCc3ccc4ccccc4c3)c(Br)c2)C1=O. The van der Waals surface area contributed by atoms with Crippen molar-refractivity contribution in [2.75, 3.05) is 7.11 Å². The Kier molecular flexibility index (Phi) is 6.85. The van der Waals surface area contributed by atoms with Gasteiger partial charge < -0.3 is 9.47 Å². The minimum atomic E-state index is -0.981. The highest BCUT2D eigenvalue weighted by Gasteiger charge is 2.41. The Morgan fingerprint density at radius 1 is 1.09 bits per heavy atom. The topological polar surface area (TPSA) is 72.9 Å². The van der Waals surface area contributed by atoms with Crippen molar-refractivity contribution in [2.24, 2.45) is 0 Å². The minimum Gasteiger partial charge on any atom is -0.488 e. The van der Waals surface area contributed by atoms with E-state index in [1.165, 1.54) is 19.4 Å². The Labute approximate surface area is 203 Å². The smallest absolute Gasteiger partial charge is 0.328 e. The molecule has 6 nitrogen and oxygen atoms in total. The fraction of sp³-hybridized carbons (Fsp3) is 0.160. The molecule has 0 bridgehead atoms. The highest BCUT2D eigenvalue weighted by molar-refractivity contribution is 9.10. The third-order valence-corrected chi connectivity index (χ3v) is 6.72. The van der Waals surface area contributed by atoms with E-state index in [1.807, 2.05) is 24.3 Å². The molecule has 1 fully saturated rings. The summed E-state index contributed by atoms with van der Waals surface area (Å²) in [5.74, 6) is -0.502. The molecule has 0 spiro atoms. The number of carbonyl (C=O) groups is 3. The molecule has 168 valence electrons. The second-order valence-corrected chi connectivity index (χ2v) is 9.26. The van der Waals surface area contributed by atoms with Gasteiger partial charge in [-0.3, -0.25) is 14.5 Å². The number of thioether (sulfide) groups is 1. The highest BCUT2D eigenvalue weighted by Crippen LogP contribution is 2.35. The molecule has 3 aromatic rings. The lowest BCUT2D eigenvalue weighted by Gasteiger charge is -2.18. The third-order valence-electron chi connectivity index (χ3n) is 5.22. The van der Waals surface area contributed by atoms with Crippen molar-refractivity contribution >= 4 is 61.7 Å². The molecule has 0 aromatic heterocycles. The first-order valence-electron chi connectivity index (χ1n) is 10.1. The van der Waals surface area contributed by atoms with Crippen LogP contribution in [0.2, 0.25) is 0 Å². The molecule has 3 aromatic carbocycles. The normalized spacial score (nSPS) is 15.8. The third kappa shape index (κ3) is 4.96. The van der Waals surface area contributed by atoms with E-state index in [0.717, 1.165) is 37.6 Å². The summed E-state index contributed by atoms with van der Waals surface area (Å²) >= 11 is 4.31. The molecule has 1 heterocycles. The van der Waals surface area contributed by atoms with Crippen molar-refractivity contribution in [1.29, 1.82) is 0 Å². The fourth-order valence-electron chi connectivity index (χ4n) is 3.45. The van der Waals surface area contributed by atoms with E-state index in [0.29, 0.717) is 12.4 Å². The maximum atomic E-state index is 12.7. The molecule has 1 aliphatic rings. The van der Waals surface area contributed by atoms with Gasteiger partial charge in [0, 0.05) is 0 Å². The molecule has 0 N–H and O–H groups in total. The van der Waals surface area contributed by atoms with E-state index in [2.05, 4.69) is 44.9 Å². The average molecular weight is 526 g/mol. The lowest BCUT2D eigenvalue weighted by Crippen LogP contribution is -2.42. The number of imide groups is 1. The van der Waals surface area contributed by atoms with E-state index in [4.69, 9.17) is 4.74 Å². The van der Waals surface area contributed by atoms with Crippen LogP contribution in [-0.2, 0) is 20.9 Å². The van der Waals surface area contributed by atoms with E-state index >= 15 is 0 Å². The number of amides is 2. The molecular weight excluding hydrogens is 506 g/mol. The molecule has 0 saturated carbocycles. The number of fused-ring (bicyclic) bond motifs is 1. The van der Waals surface area contributed by atoms with Crippen LogP contribution in [0.3, 0.4) is 0 Å². The summed E-state index contributed by atoms with van der Waals surface area (Å²) in [6, 6.07) is 18.8. The van der Waals surface area contributed by atoms with Crippen molar-refractivity contribution in [3.05, 3.63) is 81.2 Å². The van der Waals surface area contributed by atoms with E-state index < -0.39 is 23.2 Å². The van der Waals surface area contributed by atoms with Crippen molar-refractivity contribution in [1.82, 2.24) is 4.90 Å². The van der Waals surface area contributed by atoms with Crippen LogP contribution >= 0.6 is 27.7 Å². The fourth-order valence-corrected chi connectivity index (χ4v) is 4.87. The van der Waals surface area contributed by atoms with E-state index in [9.17, 15) is 14.4 Å². The second-order valence-electron chi connectivity index (χ2n) is 7.41. The Hall–Kier alpha value is -3.10. The molecule has 2 amide bonds. The molecule has 0 aliphatic carbocycles. The number of hydrogen-bond donors (Lipinski definition) is 0. The van der Waals surface area contributed by atoms with Gasteiger partial charge in [-0.2, -0.15) is 0 Å². The zero-order valence-corrected chi connectivity index (χ0v) is 20.3. The standard InChI is InChI=1S/C25H20BrNO5S/c1-15(24(29)31-2)27-23(28)22(33-25(27)30)13-16-8-10-21(20(26)12-16)32-14-17-7-9-18-5-3-4-6-19(18)11-17/h3-13,15H,14H2,1-2H3/b22-13+/t15-/m1/s1. The Morgan fingerprint density at radius 2 is 1.85 bits per heavy atom. The van der Waals surface area contributed by atoms with Crippen LogP contribution in [0, 0.1) is 0 Å². The van der Waals surface area contributed by atoms with Crippen LogP contribution in [0.5, 0.6) is 5.75 Å². The van der Waals surface area contributed by atoms with Gasteiger partial charge in [0.25, 0.3) is 11.1 Å². The number of benzene rings is 3. The Balaban J connectivity index is 1.47. The molecule has 33 heavy (non-hydrogen) atoms. The highest BCUT2D eigenvalue weighted by atomic mass is 79.9. The first-order valence-corrected chi connectivity index (χ1v) is 11.7. The van der Waals surface area contributed by atoms with Crippen LogP contribution in [0.4, 0.5) is 4.79 Å². The Morgan fingerprint density at radius 3 is 2.58 bits per heavy atom. The van der Waals surface area contributed by atoms with Gasteiger partial charge in [-0.05, 0) is 80.8 Å². The summed E-state index contributed by atoms with van der Waals surface area (Å²) in [5, 5.41) is 1.83. The van der Waals surface area contributed by atoms with Crippen LogP contribution in [0.15, 0.2) is 70.0 Å². The monoisotopic (exact) mass is 525 g/mol. The summed E-state index contributed by atoms with van der Waals surface area (Å²) in [7, 11) is 1.22. The summed E-state index contributed by atoms with van der Waals surface area (Å²) in [4.78, 5) is 37.8. The first kappa shape index (κ1) is 23.1. The number of esters is 1. The number of hydrogen-bond acceptors (Lipinski definition) is 6. The van der Waals surface area contributed by atoms with Gasteiger partial charge in [0.05, 0.1) is 16.5 Å². The number of ether oxygens (including phenoxy) is 2. The van der Waals surface area contributed by atoms with Crippen molar-refractivity contribution in [3.8, 4) is 5.75 Å². The number of methoxy groups -OCH3 is 1. The van der Waals surface area contributed by atoms with Crippen LogP contribution in [-0.4, -0.2) is 35.2 Å². The van der Waals surface area contributed by atoms with Crippen molar-refractivity contribution in [2.45, 2.75) is 19.6 Å². The maximum Gasteiger partial charge on any atom is 0.328 e. The van der Waals surface area contributed by atoms with E-state index in [1.54, 1.807) is 18.2 Å². The molecule has 1 aliphatic heterocycles. The largest absolute Gasteiger partial charge is 0.488 e. The van der Waals surface area contributed by atoms with Gasteiger partial charge in [-0.25, -0.2) is 4.79 Å². The van der Waals surface area contributed by atoms with Crippen molar-refractivity contribution < 1.29 is 23.9 Å². The molecular formula is C25H20BrNO5S. The molecule has 0 unspecified atom stereocenters. The second kappa shape index (κ2) is 9.80. The first-order chi connectivity index (χ1) is 15.9. The predicted molar refractivity (Wildman–Crippen MR) is 132 cm³/mol. The van der Waals surface area contributed by atoms with Gasteiger partial charge in [-0.15, -0.1) is 0 Å². The van der Waals surface area contributed by atoms with Gasteiger partial charge >= 0.3 is 5.97 Å². The van der Waals surface area contributed by atoms with Gasteiger partial charge in [0.15, 0.2) is 0 Å². The van der Waals surface area contributed by atoms with Crippen LogP contribution in [0.25, 0.3) is 16.8 Å². The zero-order valence-electron chi connectivity index (χ0n) is 17.9. The molecule has 1 atom stereocenters. The van der Waals surface area contributed by atoms with Gasteiger partial charge in [0.1, 0.15) is 18.4 Å². The van der Waals surface area contributed by atoms with Crippen LogP contribution in [0.1, 0.15) is 18.1 Å². The molecule has 0 radical (unpaired) electrons. The quantitative estimate of drug-likeness (QED) is 0.300. The molecule has 8 heteroatoms. The van der Waals surface area contributed by atoms with Gasteiger partial charge in [0.2, 0.25) is 0 Å². The molecule has 1 saturated heterocycles. The summed E-state index contributed by atoms with van der Waals surface area (Å²) in [6.07, 6.45) is 1.62. The summed E-state index contributed by atoms with van der Waals surface area (Å²) in [6.45, 7) is 1.87. The van der Waals surface area contributed by atoms with Crippen LogP contribution < -0.4 is 4.74 Å². The maximum absolute atomic E-state index is 12.7. The van der Waals surface area contributed by atoms with Gasteiger partial charge in [-0.1, -0.05) is 42.5 Å². The predicted octanol–water partition coefficient (Wildman–Crippen LogP) is 5.78. The van der Waals surface area contributed by atoms with Crippen molar-refractivity contribution in [3.63, 3.8) is 0 Å². The number of nitrogens with zero attached hydrogens (tertiary/aromatic N) is 1. The Bertz CT molecular complexity index is 1290. The minimum absolute atomic E-state index is 0.243. The molecule has 4 rings (SSSR count). The number of rotatable bonds is 6. The summed E-state index contributed by atoms with van der Waals surface area (Å²) < 4.78 is 11.3. The lowest BCUT2D eigenvalue weighted by molar-refractivity contribution is -0.148.